The molecule has 3 heterocycles. The lowest BCUT2D eigenvalue weighted by Crippen LogP contribution is -2.15. The van der Waals surface area contributed by atoms with Gasteiger partial charge in [0.25, 0.3) is 0 Å². The quantitative estimate of drug-likeness (QED) is 0.866. The molecule has 0 bridgehead atoms. The Morgan fingerprint density at radius 1 is 1.31 bits per heavy atom. The van der Waals surface area contributed by atoms with Crippen molar-refractivity contribution < 1.29 is 22.6 Å². The Bertz CT molecular complexity index is 877. The zero-order valence-electron chi connectivity index (χ0n) is 13.2. The number of hydrogen-bond donors (Lipinski definition) is 1. The standard InChI is InChI=1S/C16H12F3N5O2/c17-16(18,19)11-1-9(11)10-2-12(23-24-13(10)3-20)8-4-21-15(22-5-8)14-6-25-7-26-14/h2,4-5,9,11,21H,1,6-7H2/t9-,11+/m1/s1. The van der Waals surface area contributed by atoms with Gasteiger partial charge in [-0.3, -0.25) is 0 Å². The Morgan fingerprint density at radius 2 is 2.15 bits per heavy atom. The lowest BCUT2D eigenvalue weighted by molar-refractivity contribution is -0.148. The van der Waals surface area contributed by atoms with E-state index in [0.717, 1.165) is 0 Å². The number of nitriles is 1. The predicted octanol–water partition coefficient (Wildman–Crippen LogP) is 2.20. The van der Waals surface area contributed by atoms with Gasteiger partial charge in [-0.2, -0.15) is 18.4 Å². The third-order valence-electron chi connectivity index (χ3n) is 4.35. The van der Waals surface area contributed by atoms with Crippen molar-refractivity contribution in [1.29, 1.82) is 5.26 Å². The molecule has 0 amide bonds. The molecule has 0 unspecified atom stereocenters. The van der Waals surface area contributed by atoms with Crippen LogP contribution in [0.25, 0.3) is 5.57 Å². The molecule has 1 aliphatic carbocycles. The summed E-state index contributed by atoms with van der Waals surface area (Å²) < 4.78 is 48.9. The maximum absolute atomic E-state index is 12.9. The van der Waals surface area contributed by atoms with Crippen molar-refractivity contribution in [2.75, 3.05) is 13.4 Å². The van der Waals surface area contributed by atoms with Crippen molar-refractivity contribution in [3.63, 3.8) is 0 Å². The van der Waals surface area contributed by atoms with Crippen molar-refractivity contribution in [2.45, 2.75) is 18.5 Å². The van der Waals surface area contributed by atoms with E-state index in [-0.39, 0.29) is 24.5 Å². The highest BCUT2D eigenvalue weighted by Gasteiger charge is 2.57. The molecule has 2 atom stereocenters. The normalized spacial score (nSPS) is 27.4. The Hall–Kier alpha value is -2.93. The molecular formula is C16H12F3N5O2. The minimum Gasteiger partial charge on any atom is -0.466 e. The van der Waals surface area contributed by atoms with Crippen LogP contribution >= 0.6 is 0 Å². The van der Waals surface area contributed by atoms with E-state index in [9.17, 15) is 13.2 Å². The molecule has 4 rings (SSSR count). The number of rotatable bonds is 2. The minimum absolute atomic E-state index is 0.0394. The first-order valence-electron chi connectivity index (χ1n) is 7.76. The van der Waals surface area contributed by atoms with Gasteiger partial charge in [-0.25, -0.2) is 4.99 Å². The Morgan fingerprint density at radius 3 is 2.73 bits per heavy atom. The Kier molecular flexibility index (Phi) is 3.88. The van der Waals surface area contributed by atoms with E-state index in [0.29, 0.717) is 29.5 Å². The second kappa shape index (κ2) is 6.10. The average Bonchev–Trinajstić information content (AvgIpc) is 3.28. The topological polar surface area (TPSA) is 92.4 Å². The number of nitrogens with zero attached hydrogens (tertiary/aromatic N) is 4. The molecule has 0 spiro atoms. The highest BCUT2D eigenvalue weighted by atomic mass is 19.4. The van der Waals surface area contributed by atoms with Gasteiger partial charge < -0.3 is 14.8 Å². The lowest BCUT2D eigenvalue weighted by atomic mass is 10.0. The van der Waals surface area contributed by atoms with Gasteiger partial charge in [0.1, 0.15) is 12.7 Å². The van der Waals surface area contributed by atoms with Gasteiger partial charge in [-0.1, -0.05) is 0 Å². The van der Waals surface area contributed by atoms with Gasteiger partial charge in [0.05, 0.1) is 11.6 Å². The fourth-order valence-corrected chi connectivity index (χ4v) is 2.89. The number of aromatic nitrogens is 2. The van der Waals surface area contributed by atoms with Crippen molar-refractivity contribution in [3.05, 3.63) is 40.8 Å². The largest absolute Gasteiger partial charge is 0.466 e. The van der Waals surface area contributed by atoms with Crippen LogP contribution in [0.15, 0.2) is 28.8 Å². The summed E-state index contributed by atoms with van der Waals surface area (Å²) in [4.78, 5) is 4.21. The van der Waals surface area contributed by atoms with Crippen LogP contribution in [0, 0.1) is 17.2 Å². The van der Waals surface area contributed by atoms with Crippen LogP contribution in [0.1, 0.15) is 29.3 Å². The summed E-state index contributed by atoms with van der Waals surface area (Å²) in [6.07, 6.45) is -1.21. The van der Waals surface area contributed by atoms with E-state index in [1.807, 2.05) is 6.07 Å². The molecule has 1 aromatic heterocycles. The first-order chi connectivity index (χ1) is 12.5. The fraction of sp³-hybridized carbons (Fsp3) is 0.375. The van der Waals surface area contributed by atoms with Gasteiger partial charge in [0, 0.05) is 18.0 Å². The summed E-state index contributed by atoms with van der Waals surface area (Å²) in [6, 6.07) is 3.30. The maximum Gasteiger partial charge on any atom is 0.392 e. The lowest BCUT2D eigenvalue weighted by Gasteiger charge is -2.12. The number of nitrogens with one attached hydrogen (secondary N) is 1. The molecule has 1 saturated carbocycles. The van der Waals surface area contributed by atoms with Crippen molar-refractivity contribution >= 4 is 11.8 Å². The van der Waals surface area contributed by atoms with Crippen LogP contribution in [-0.2, 0) is 9.47 Å². The number of ether oxygens (including phenoxy) is 2. The molecule has 3 aliphatic rings. The van der Waals surface area contributed by atoms with E-state index in [4.69, 9.17) is 14.7 Å². The second-order valence-electron chi connectivity index (χ2n) is 6.02. The molecule has 0 aromatic carbocycles. The predicted molar refractivity (Wildman–Crippen MR) is 82.2 cm³/mol. The van der Waals surface area contributed by atoms with Crippen molar-refractivity contribution in [2.24, 2.45) is 10.9 Å². The molecule has 134 valence electrons. The van der Waals surface area contributed by atoms with E-state index in [1.54, 1.807) is 6.20 Å². The smallest absolute Gasteiger partial charge is 0.392 e. The van der Waals surface area contributed by atoms with Crippen molar-refractivity contribution in [3.8, 4) is 6.07 Å². The van der Waals surface area contributed by atoms with Crippen LogP contribution in [0.4, 0.5) is 13.2 Å². The molecule has 2 fully saturated rings. The molecule has 10 heteroatoms. The number of alkyl halides is 3. The molecule has 1 saturated heterocycles. The number of hydrogen-bond acceptors (Lipinski definition) is 7. The maximum atomic E-state index is 12.9. The Balaban J connectivity index is 1.59. The number of halogens is 3. The molecule has 1 aromatic rings. The molecule has 0 radical (unpaired) electrons. The molecule has 7 nitrogen and oxygen atoms in total. The minimum atomic E-state index is -4.28. The summed E-state index contributed by atoms with van der Waals surface area (Å²) in [6.45, 7) is 0.475. The van der Waals surface area contributed by atoms with Gasteiger partial charge in [-0.15, -0.1) is 10.2 Å². The third kappa shape index (κ3) is 3.01. The van der Waals surface area contributed by atoms with Crippen LogP contribution in [0.3, 0.4) is 0 Å². The van der Waals surface area contributed by atoms with Gasteiger partial charge in [0.2, 0.25) is 0 Å². The zero-order chi connectivity index (χ0) is 18.3. The summed E-state index contributed by atoms with van der Waals surface area (Å²) in [5, 5.41) is 19.8. The molecule has 26 heavy (non-hydrogen) atoms. The third-order valence-corrected chi connectivity index (χ3v) is 4.35. The second-order valence-corrected chi connectivity index (χ2v) is 6.02. The SMILES string of the molecule is N#Cc1nnc(C2=CNC(=C3COCO3)N=C2)cc1[C@H]1C[C@@H]1C(F)(F)F. The van der Waals surface area contributed by atoms with E-state index < -0.39 is 18.0 Å². The number of aliphatic imine (C=N–C) groups is 1. The summed E-state index contributed by atoms with van der Waals surface area (Å²) in [5.41, 5.74) is 1.07. The van der Waals surface area contributed by atoms with Crippen LogP contribution < -0.4 is 5.32 Å². The summed E-state index contributed by atoms with van der Waals surface area (Å²) in [5.74, 6) is -1.13. The van der Waals surface area contributed by atoms with E-state index in [1.165, 1.54) is 12.3 Å². The van der Waals surface area contributed by atoms with Gasteiger partial charge >= 0.3 is 6.18 Å². The zero-order valence-corrected chi connectivity index (χ0v) is 13.2. The van der Waals surface area contributed by atoms with E-state index >= 15 is 0 Å². The van der Waals surface area contributed by atoms with Crippen LogP contribution in [0.5, 0.6) is 0 Å². The Labute approximate surface area is 145 Å². The first kappa shape index (κ1) is 16.5. The molecular weight excluding hydrogens is 351 g/mol. The fourth-order valence-electron chi connectivity index (χ4n) is 2.89. The van der Waals surface area contributed by atoms with Crippen molar-refractivity contribution in [1.82, 2.24) is 15.5 Å². The average molecular weight is 363 g/mol. The molecule has 1 N–H and O–H groups in total. The van der Waals surface area contributed by atoms with Crippen LogP contribution in [0.2, 0.25) is 0 Å². The highest BCUT2D eigenvalue weighted by Crippen LogP contribution is 2.56. The van der Waals surface area contributed by atoms with E-state index in [2.05, 4.69) is 20.5 Å². The molecule has 2 aliphatic heterocycles. The van der Waals surface area contributed by atoms with Gasteiger partial charge in [0.15, 0.2) is 24.1 Å². The van der Waals surface area contributed by atoms with Crippen LogP contribution in [-0.4, -0.2) is 36.0 Å². The number of allylic oxidation sites excluding steroid dienone is 1. The summed E-state index contributed by atoms with van der Waals surface area (Å²) in [7, 11) is 0. The van der Waals surface area contributed by atoms with Gasteiger partial charge in [-0.05, 0) is 24.0 Å². The monoisotopic (exact) mass is 363 g/mol. The first-order valence-corrected chi connectivity index (χ1v) is 7.76. The highest BCUT2D eigenvalue weighted by molar-refractivity contribution is 6.10. The summed E-state index contributed by atoms with van der Waals surface area (Å²) >= 11 is 0.